The Morgan fingerprint density at radius 2 is 1.76 bits per heavy atom. The van der Waals surface area contributed by atoms with Gasteiger partial charge in [-0.3, -0.25) is 4.79 Å². The minimum Gasteiger partial charge on any atom is -0.456 e. The van der Waals surface area contributed by atoms with E-state index in [1.54, 1.807) is 36.4 Å². The minimum absolute atomic E-state index is 0.0539. The van der Waals surface area contributed by atoms with Gasteiger partial charge in [0.05, 0.1) is 6.76 Å². The molecule has 0 bridgehead atoms. The van der Waals surface area contributed by atoms with Crippen molar-refractivity contribution in [2.75, 3.05) is 0 Å². The van der Waals surface area contributed by atoms with Crippen LogP contribution in [0.2, 0.25) is 0 Å². The molecule has 0 aliphatic carbocycles. The number of benzene rings is 2. The van der Waals surface area contributed by atoms with Gasteiger partial charge in [0.15, 0.2) is 5.43 Å². The third-order valence-electron chi connectivity index (χ3n) is 2.64. The van der Waals surface area contributed by atoms with E-state index in [0.29, 0.717) is 22.8 Å². The fourth-order valence-electron chi connectivity index (χ4n) is 1.80. The standard InChI is InChI=1S/C15H10O2/c16-13-10-15(11-6-2-1-3-7-11)17-14-9-5-4-8-12(13)14/h1-10H/i1D. The number of hydrogen-bond donors (Lipinski definition) is 0. The Morgan fingerprint density at radius 3 is 2.59 bits per heavy atom. The van der Waals surface area contributed by atoms with E-state index in [1.807, 2.05) is 12.1 Å². The van der Waals surface area contributed by atoms with E-state index in [4.69, 9.17) is 5.79 Å². The Balaban J connectivity index is 2.24. The smallest absolute Gasteiger partial charge is 0.193 e. The molecule has 0 fully saturated rings. The predicted octanol–water partition coefficient (Wildman–Crippen LogP) is 3.46. The van der Waals surface area contributed by atoms with Crippen LogP contribution in [0.1, 0.15) is 1.37 Å². The largest absolute Gasteiger partial charge is 0.456 e. The number of rotatable bonds is 1. The molecule has 0 radical (unpaired) electrons. The maximum absolute atomic E-state index is 11.9. The Morgan fingerprint density at radius 1 is 1.00 bits per heavy atom. The second-order valence-corrected chi connectivity index (χ2v) is 3.76. The molecule has 0 aliphatic heterocycles. The Kier molecular flexibility index (Phi) is 2.01. The fourth-order valence-corrected chi connectivity index (χ4v) is 1.80. The second-order valence-electron chi connectivity index (χ2n) is 3.76. The molecule has 2 heteroatoms. The van der Waals surface area contributed by atoms with Crippen molar-refractivity contribution in [2.24, 2.45) is 0 Å². The first kappa shape index (κ1) is 8.76. The molecular formula is C15H10O2. The summed E-state index contributed by atoms with van der Waals surface area (Å²) in [6.07, 6.45) is 0. The van der Waals surface area contributed by atoms with Gasteiger partial charge in [-0.1, -0.05) is 42.4 Å². The van der Waals surface area contributed by atoms with Crippen molar-refractivity contribution in [2.45, 2.75) is 0 Å². The molecule has 0 aliphatic rings. The molecule has 2 aromatic carbocycles. The highest BCUT2D eigenvalue weighted by molar-refractivity contribution is 5.78. The number of fused-ring (bicyclic) bond motifs is 1. The van der Waals surface area contributed by atoms with Crippen LogP contribution in [-0.2, 0) is 0 Å². The van der Waals surface area contributed by atoms with Gasteiger partial charge in [0.1, 0.15) is 11.3 Å². The minimum atomic E-state index is -0.0539. The normalized spacial score (nSPS) is 11.4. The lowest BCUT2D eigenvalue weighted by atomic mass is 10.1. The highest BCUT2D eigenvalue weighted by Crippen LogP contribution is 2.21. The first-order chi connectivity index (χ1) is 8.74. The van der Waals surface area contributed by atoms with Crippen molar-refractivity contribution in [1.29, 1.82) is 0 Å². The van der Waals surface area contributed by atoms with Crippen molar-refractivity contribution in [3.05, 3.63) is 70.9 Å². The average molecular weight is 223 g/mol. The van der Waals surface area contributed by atoms with Gasteiger partial charge in [0.2, 0.25) is 0 Å². The SMILES string of the molecule is [2H]c1ccc(-c2cc(=O)c3ccccc3o2)cc1. The summed E-state index contributed by atoms with van der Waals surface area (Å²) in [5.41, 5.74) is 1.32. The Hall–Kier alpha value is -2.35. The quantitative estimate of drug-likeness (QED) is 0.632. The summed E-state index contributed by atoms with van der Waals surface area (Å²) in [6, 6.07) is 16.0. The van der Waals surface area contributed by atoms with Crippen LogP contribution in [0.5, 0.6) is 0 Å². The molecule has 0 amide bonds. The van der Waals surface area contributed by atoms with E-state index in [0.717, 1.165) is 5.56 Å². The van der Waals surface area contributed by atoms with Crippen molar-refractivity contribution >= 4 is 11.0 Å². The summed E-state index contributed by atoms with van der Waals surface area (Å²) in [5.74, 6) is 0.527. The van der Waals surface area contributed by atoms with Gasteiger partial charge in [-0.15, -0.1) is 0 Å². The summed E-state index contributed by atoms with van der Waals surface area (Å²) in [6.45, 7) is 0. The molecule has 0 spiro atoms. The lowest BCUT2D eigenvalue weighted by Gasteiger charge is -2.02. The summed E-state index contributed by atoms with van der Waals surface area (Å²) in [5, 5.41) is 0.582. The van der Waals surface area contributed by atoms with Gasteiger partial charge >= 0.3 is 0 Å². The molecule has 1 heterocycles. The zero-order valence-electron chi connectivity index (χ0n) is 10.0. The zero-order chi connectivity index (χ0) is 12.5. The summed E-state index contributed by atoms with van der Waals surface area (Å²) >= 11 is 0. The molecule has 0 N–H and O–H groups in total. The lowest BCUT2D eigenvalue weighted by Crippen LogP contribution is -1.99. The molecule has 17 heavy (non-hydrogen) atoms. The molecule has 82 valence electrons. The maximum atomic E-state index is 11.9. The van der Waals surface area contributed by atoms with Crippen molar-refractivity contribution < 1.29 is 5.79 Å². The Bertz CT molecular complexity index is 757. The van der Waals surface area contributed by atoms with E-state index in [-0.39, 0.29) is 5.43 Å². The van der Waals surface area contributed by atoms with Crippen LogP contribution in [0.25, 0.3) is 22.3 Å². The van der Waals surface area contributed by atoms with Gasteiger partial charge in [-0.2, -0.15) is 0 Å². The lowest BCUT2D eigenvalue weighted by molar-refractivity contribution is 0.619. The fraction of sp³-hybridized carbons (Fsp3) is 0. The van der Waals surface area contributed by atoms with Gasteiger partial charge in [-0.25, -0.2) is 0 Å². The van der Waals surface area contributed by atoms with E-state index in [1.165, 1.54) is 6.07 Å². The Labute approximate surface area is 99.5 Å². The van der Waals surface area contributed by atoms with Gasteiger partial charge in [-0.05, 0) is 12.1 Å². The molecule has 2 nitrogen and oxygen atoms in total. The van der Waals surface area contributed by atoms with Crippen LogP contribution < -0.4 is 5.43 Å². The molecule has 3 rings (SSSR count). The number of hydrogen-bond acceptors (Lipinski definition) is 2. The molecular weight excluding hydrogens is 212 g/mol. The highest BCUT2D eigenvalue weighted by Gasteiger charge is 2.05. The second kappa shape index (κ2) is 3.91. The molecule has 0 atom stereocenters. The molecule has 3 aromatic rings. The molecule has 0 saturated heterocycles. The summed E-state index contributed by atoms with van der Waals surface area (Å²) < 4.78 is 13.1. The van der Waals surface area contributed by atoms with Crippen molar-refractivity contribution in [3.8, 4) is 11.3 Å². The third kappa shape index (κ3) is 1.74. The van der Waals surface area contributed by atoms with E-state index in [2.05, 4.69) is 0 Å². The van der Waals surface area contributed by atoms with Crippen LogP contribution in [0.15, 0.2) is 69.9 Å². The van der Waals surface area contributed by atoms with Crippen LogP contribution in [0.4, 0.5) is 0 Å². The first-order valence-corrected chi connectivity index (χ1v) is 5.34. The van der Waals surface area contributed by atoms with Crippen molar-refractivity contribution in [3.63, 3.8) is 0 Å². The van der Waals surface area contributed by atoms with Gasteiger partial charge < -0.3 is 4.42 Å². The van der Waals surface area contributed by atoms with E-state index < -0.39 is 0 Å². The van der Waals surface area contributed by atoms with Crippen LogP contribution in [0, 0.1) is 0 Å². The van der Waals surface area contributed by atoms with E-state index >= 15 is 0 Å². The zero-order valence-corrected chi connectivity index (χ0v) is 9.01. The van der Waals surface area contributed by atoms with Gasteiger partial charge in [0.25, 0.3) is 0 Å². The van der Waals surface area contributed by atoms with Crippen molar-refractivity contribution in [1.82, 2.24) is 0 Å². The maximum Gasteiger partial charge on any atom is 0.193 e. The molecule has 0 saturated carbocycles. The van der Waals surface area contributed by atoms with Crippen LogP contribution in [0.3, 0.4) is 0 Å². The van der Waals surface area contributed by atoms with Crippen LogP contribution in [-0.4, -0.2) is 0 Å². The first-order valence-electron chi connectivity index (χ1n) is 5.84. The highest BCUT2D eigenvalue weighted by atomic mass is 16.3. The van der Waals surface area contributed by atoms with E-state index in [9.17, 15) is 4.79 Å². The summed E-state index contributed by atoms with van der Waals surface area (Å²) in [4.78, 5) is 11.9. The molecule has 0 unspecified atom stereocenters. The predicted molar refractivity (Wildman–Crippen MR) is 67.9 cm³/mol. The number of para-hydroxylation sites is 1. The topological polar surface area (TPSA) is 30.2 Å². The summed E-state index contributed by atoms with van der Waals surface area (Å²) in [7, 11) is 0. The van der Waals surface area contributed by atoms with Crippen LogP contribution >= 0.6 is 0 Å². The van der Waals surface area contributed by atoms with Gasteiger partial charge in [0, 0.05) is 11.6 Å². The average Bonchev–Trinajstić information content (AvgIpc) is 2.39. The molecule has 1 aromatic heterocycles. The third-order valence-corrected chi connectivity index (χ3v) is 2.64. The monoisotopic (exact) mass is 223 g/mol.